The van der Waals surface area contributed by atoms with Crippen LogP contribution in [-0.2, 0) is 4.79 Å². The smallest absolute Gasteiger partial charge is 0.410 e. The molecule has 5 rings (SSSR count). The number of hydrogen-bond donors (Lipinski definition) is 0. The Balaban J connectivity index is 1.27. The van der Waals surface area contributed by atoms with Crippen molar-refractivity contribution in [2.45, 2.75) is 38.1 Å². The minimum Gasteiger partial charge on any atom is -0.410 e. The summed E-state index contributed by atoms with van der Waals surface area (Å²) in [6.45, 7) is 2.12. The standard InChI is InChI=1S/C25H26N2O3/c28-24-7-3-4-14-27(24)20-12-15-26(16-13-20)25(29)30-21-11-10-19-9-8-18-5-1-2-6-22(18)23(19)17-21/h1-2,5-6,8-11,17,20H,3-4,7,12-16H2. The van der Waals surface area contributed by atoms with Crippen LogP contribution in [0.4, 0.5) is 4.79 Å². The summed E-state index contributed by atoms with van der Waals surface area (Å²) < 4.78 is 5.72. The number of carbonyl (C=O) groups is 2. The molecule has 0 unspecified atom stereocenters. The van der Waals surface area contributed by atoms with E-state index in [-0.39, 0.29) is 18.0 Å². The molecule has 0 radical (unpaired) electrons. The van der Waals surface area contributed by atoms with Crippen molar-refractivity contribution < 1.29 is 14.3 Å². The van der Waals surface area contributed by atoms with Crippen molar-refractivity contribution in [2.75, 3.05) is 19.6 Å². The number of hydrogen-bond acceptors (Lipinski definition) is 3. The molecule has 0 bridgehead atoms. The largest absolute Gasteiger partial charge is 0.415 e. The topological polar surface area (TPSA) is 49.9 Å². The van der Waals surface area contributed by atoms with Gasteiger partial charge in [-0.3, -0.25) is 4.79 Å². The zero-order valence-corrected chi connectivity index (χ0v) is 17.0. The fourth-order valence-electron chi connectivity index (χ4n) is 4.78. The van der Waals surface area contributed by atoms with E-state index in [0.29, 0.717) is 25.3 Å². The molecule has 30 heavy (non-hydrogen) atoms. The van der Waals surface area contributed by atoms with Crippen LogP contribution in [0.15, 0.2) is 54.6 Å². The number of fused-ring (bicyclic) bond motifs is 3. The monoisotopic (exact) mass is 402 g/mol. The minimum absolute atomic E-state index is 0.258. The Morgan fingerprint density at radius 2 is 1.60 bits per heavy atom. The number of benzene rings is 3. The van der Waals surface area contributed by atoms with E-state index in [1.54, 1.807) is 4.90 Å². The molecule has 0 aliphatic carbocycles. The first-order valence-corrected chi connectivity index (χ1v) is 10.9. The predicted molar refractivity (Wildman–Crippen MR) is 118 cm³/mol. The number of piperidine rings is 2. The molecule has 0 aromatic heterocycles. The Hall–Kier alpha value is -3.08. The molecule has 2 amide bonds. The van der Waals surface area contributed by atoms with E-state index in [1.165, 1.54) is 5.39 Å². The molecule has 2 aliphatic heterocycles. The van der Waals surface area contributed by atoms with Crippen LogP contribution >= 0.6 is 0 Å². The van der Waals surface area contributed by atoms with E-state index in [0.717, 1.165) is 48.4 Å². The first kappa shape index (κ1) is 18.9. The number of rotatable bonds is 2. The highest BCUT2D eigenvalue weighted by Crippen LogP contribution is 2.29. The molecular weight excluding hydrogens is 376 g/mol. The highest BCUT2D eigenvalue weighted by Gasteiger charge is 2.31. The highest BCUT2D eigenvalue weighted by atomic mass is 16.6. The number of nitrogens with zero attached hydrogens (tertiary/aromatic N) is 2. The lowest BCUT2D eigenvalue weighted by molar-refractivity contribution is -0.136. The highest BCUT2D eigenvalue weighted by molar-refractivity contribution is 6.07. The number of carbonyl (C=O) groups excluding carboxylic acids is 2. The summed E-state index contributed by atoms with van der Waals surface area (Å²) in [5.41, 5.74) is 0. The summed E-state index contributed by atoms with van der Waals surface area (Å²) in [5.74, 6) is 0.836. The molecule has 3 aromatic carbocycles. The van der Waals surface area contributed by atoms with Crippen LogP contribution < -0.4 is 4.74 Å². The molecule has 154 valence electrons. The molecular formula is C25H26N2O3. The quantitative estimate of drug-likeness (QED) is 0.569. The molecule has 0 N–H and O–H groups in total. The molecule has 2 saturated heterocycles. The van der Waals surface area contributed by atoms with Gasteiger partial charge in [0.1, 0.15) is 5.75 Å². The van der Waals surface area contributed by atoms with Crippen LogP contribution in [0.3, 0.4) is 0 Å². The molecule has 0 spiro atoms. The van der Waals surface area contributed by atoms with Gasteiger partial charge in [0, 0.05) is 32.1 Å². The Morgan fingerprint density at radius 1 is 0.867 bits per heavy atom. The summed E-state index contributed by atoms with van der Waals surface area (Å²) in [4.78, 5) is 28.7. The van der Waals surface area contributed by atoms with Crippen molar-refractivity contribution in [2.24, 2.45) is 0 Å². The van der Waals surface area contributed by atoms with Crippen molar-refractivity contribution in [3.63, 3.8) is 0 Å². The van der Waals surface area contributed by atoms with Gasteiger partial charge in [-0.1, -0.05) is 42.5 Å². The Bertz CT molecular complexity index is 1100. The van der Waals surface area contributed by atoms with Crippen LogP contribution in [0.25, 0.3) is 21.5 Å². The van der Waals surface area contributed by atoms with E-state index < -0.39 is 0 Å². The van der Waals surface area contributed by atoms with Gasteiger partial charge >= 0.3 is 6.09 Å². The van der Waals surface area contributed by atoms with Crippen molar-refractivity contribution >= 4 is 33.5 Å². The van der Waals surface area contributed by atoms with E-state index in [4.69, 9.17) is 4.74 Å². The van der Waals surface area contributed by atoms with Gasteiger partial charge in [0.05, 0.1) is 0 Å². The van der Waals surface area contributed by atoms with Crippen molar-refractivity contribution in [3.8, 4) is 5.75 Å². The average molecular weight is 402 g/mol. The van der Waals surface area contributed by atoms with Gasteiger partial charge in [-0.15, -0.1) is 0 Å². The average Bonchev–Trinajstić information content (AvgIpc) is 2.79. The minimum atomic E-state index is -0.307. The first-order chi connectivity index (χ1) is 14.7. The maximum atomic E-state index is 12.7. The van der Waals surface area contributed by atoms with Gasteiger partial charge in [0.25, 0.3) is 0 Å². The van der Waals surface area contributed by atoms with E-state index in [9.17, 15) is 9.59 Å². The zero-order chi connectivity index (χ0) is 20.5. The first-order valence-electron chi connectivity index (χ1n) is 10.9. The Kier molecular flexibility index (Phi) is 5.03. The van der Waals surface area contributed by atoms with Crippen LogP contribution in [0, 0.1) is 0 Å². The molecule has 0 saturated carbocycles. The second-order valence-corrected chi connectivity index (χ2v) is 8.30. The summed E-state index contributed by atoms with van der Waals surface area (Å²) in [6.07, 6.45) is 4.09. The summed E-state index contributed by atoms with van der Waals surface area (Å²) in [6, 6.07) is 18.5. The fourth-order valence-corrected chi connectivity index (χ4v) is 4.78. The lowest BCUT2D eigenvalue weighted by atomic mass is 10.00. The van der Waals surface area contributed by atoms with Crippen molar-refractivity contribution in [3.05, 3.63) is 54.6 Å². The zero-order valence-electron chi connectivity index (χ0n) is 17.0. The maximum Gasteiger partial charge on any atom is 0.415 e. The SMILES string of the molecule is O=C(Oc1ccc2ccc3ccccc3c2c1)N1CCC(N2CCCCC2=O)CC1. The van der Waals surface area contributed by atoms with Crippen molar-refractivity contribution in [1.82, 2.24) is 9.80 Å². The summed E-state index contributed by atoms with van der Waals surface area (Å²) in [5, 5.41) is 4.53. The van der Waals surface area contributed by atoms with Crippen LogP contribution in [0.1, 0.15) is 32.1 Å². The van der Waals surface area contributed by atoms with E-state index in [1.807, 2.05) is 35.2 Å². The van der Waals surface area contributed by atoms with E-state index >= 15 is 0 Å². The molecule has 5 nitrogen and oxygen atoms in total. The van der Waals surface area contributed by atoms with Crippen LogP contribution in [0.5, 0.6) is 5.75 Å². The Labute approximate surface area is 176 Å². The van der Waals surface area contributed by atoms with Gasteiger partial charge in [0.2, 0.25) is 5.91 Å². The lowest BCUT2D eigenvalue weighted by Gasteiger charge is -2.39. The second-order valence-electron chi connectivity index (χ2n) is 8.30. The maximum absolute atomic E-state index is 12.7. The van der Waals surface area contributed by atoms with Gasteiger partial charge in [0.15, 0.2) is 0 Å². The molecule has 3 aromatic rings. The predicted octanol–water partition coefficient (Wildman–Crippen LogP) is 4.97. The van der Waals surface area contributed by atoms with Gasteiger partial charge in [-0.2, -0.15) is 0 Å². The van der Waals surface area contributed by atoms with Crippen LogP contribution in [-0.4, -0.2) is 47.5 Å². The third-order valence-electron chi connectivity index (χ3n) is 6.45. The molecule has 0 atom stereocenters. The molecule has 2 aliphatic rings. The second kappa shape index (κ2) is 7.98. The normalized spacial score (nSPS) is 18.2. The number of ether oxygens (including phenoxy) is 1. The fraction of sp³-hybridized carbons (Fsp3) is 0.360. The van der Waals surface area contributed by atoms with E-state index in [2.05, 4.69) is 24.3 Å². The molecule has 5 heteroatoms. The lowest BCUT2D eigenvalue weighted by Crippen LogP contribution is -2.50. The van der Waals surface area contributed by atoms with Gasteiger partial charge in [-0.25, -0.2) is 4.79 Å². The molecule has 2 fully saturated rings. The van der Waals surface area contributed by atoms with Gasteiger partial charge < -0.3 is 14.5 Å². The summed E-state index contributed by atoms with van der Waals surface area (Å²) in [7, 11) is 0. The van der Waals surface area contributed by atoms with Crippen molar-refractivity contribution in [1.29, 1.82) is 0 Å². The third-order valence-corrected chi connectivity index (χ3v) is 6.45. The third kappa shape index (κ3) is 3.60. The van der Waals surface area contributed by atoms with Gasteiger partial charge in [-0.05, 0) is 59.4 Å². The number of likely N-dealkylation sites (tertiary alicyclic amines) is 2. The number of amides is 2. The molecule has 2 heterocycles. The van der Waals surface area contributed by atoms with Crippen LogP contribution in [0.2, 0.25) is 0 Å². The Morgan fingerprint density at radius 3 is 2.40 bits per heavy atom. The summed E-state index contributed by atoms with van der Waals surface area (Å²) >= 11 is 0.